The predicted octanol–water partition coefficient (Wildman–Crippen LogP) is 2.76. The first-order valence-corrected chi connectivity index (χ1v) is 6.66. The maximum atomic E-state index is 10.7. The number of hydrogen-bond donors (Lipinski definition) is 1. The third-order valence-electron chi connectivity index (χ3n) is 2.72. The zero-order valence-electron chi connectivity index (χ0n) is 10.6. The fourth-order valence-corrected chi connectivity index (χ4v) is 2.13. The maximum Gasteiger partial charge on any atom is 0.303 e. The molecule has 0 aliphatic carbocycles. The van der Waals surface area contributed by atoms with Crippen molar-refractivity contribution in [2.45, 2.75) is 19.9 Å². The van der Waals surface area contributed by atoms with Gasteiger partial charge in [-0.15, -0.1) is 5.10 Å². The molecule has 20 heavy (non-hydrogen) atoms. The van der Waals surface area contributed by atoms with Gasteiger partial charge in [-0.25, -0.2) is 4.68 Å². The number of carboxylic acids is 1. The van der Waals surface area contributed by atoms with E-state index in [9.17, 15) is 4.79 Å². The van der Waals surface area contributed by atoms with Gasteiger partial charge in [-0.3, -0.25) is 4.79 Å². The fourth-order valence-electron chi connectivity index (χ4n) is 1.83. The summed E-state index contributed by atoms with van der Waals surface area (Å²) in [6.07, 6.45) is 0.0562. The lowest BCUT2D eigenvalue weighted by Gasteiger charge is -2.10. The summed E-state index contributed by atoms with van der Waals surface area (Å²) < 4.78 is 1.56. The first-order chi connectivity index (χ1) is 9.47. The van der Waals surface area contributed by atoms with Crippen LogP contribution in [-0.2, 0) is 11.3 Å². The van der Waals surface area contributed by atoms with Crippen molar-refractivity contribution in [1.82, 2.24) is 20.2 Å². The van der Waals surface area contributed by atoms with Crippen LogP contribution in [0.25, 0.3) is 11.4 Å². The Balaban J connectivity index is 2.23. The number of carbonyl (C=O) groups is 1. The van der Waals surface area contributed by atoms with Crippen LogP contribution in [0.2, 0.25) is 10.0 Å². The van der Waals surface area contributed by atoms with Crippen molar-refractivity contribution in [2.24, 2.45) is 5.92 Å². The third-order valence-corrected chi connectivity index (χ3v) is 3.46. The van der Waals surface area contributed by atoms with Crippen molar-refractivity contribution in [3.05, 3.63) is 28.2 Å². The topological polar surface area (TPSA) is 80.9 Å². The molecule has 0 fully saturated rings. The summed E-state index contributed by atoms with van der Waals surface area (Å²) in [7, 11) is 0. The standard InChI is InChI=1S/C12H12Cl2N4O2/c1-7(4-11(19)20)6-18-12(15-16-17-18)8-2-3-9(13)10(14)5-8/h2-3,5,7H,4,6H2,1H3,(H,19,20). The molecular formula is C12H12Cl2N4O2. The molecule has 0 aliphatic rings. The van der Waals surface area contributed by atoms with Crippen LogP contribution in [0, 0.1) is 5.92 Å². The Kier molecular flexibility index (Phi) is 4.57. The second kappa shape index (κ2) is 6.19. The summed E-state index contributed by atoms with van der Waals surface area (Å²) in [6.45, 7) is 2.24. The monoisotopic (exact) mass is 314 g/mol. The maximum absolute atomic E-state index is 10.7. The predicted molar refractivity (Wildman–Crippen MR) is 74.7 cm³/mol. The number of benzene rings is 1. The smallest absolute Gasteiger partial charge is 0.303 e. The van der Waals surface area contributed by atoms with Crippen molar-refractivity contribution in [2.75, 3.05) is 0 Å². The molecular weight excluding hydrogens is 303 g/mol. The van der Waals surface area contributed by atoms with Crippen molar-refractivity contribution < 1.29 is 9.90 Å². The third kappa shape index (κ3) is 3.46. The highest BCUT2D eigenvalue weighted by Crippen LogP contribution is 2.27. The van der Waals surface area contributed by atoms with Crippen LogP contribution in [-0.4, -0.2) is 31.3 Å². The normalized spacial score (nSPS) is 12.3. The summed E-state index contributed by atoms with van der Waals surface area (Å²) in [5.74, 6) is -0.403. The Morgan fingerprint density at radius 2 is 2.15 bits per heavy atom. The zero-order chi connectivity index (χ0) is 14.7. The highest BCUT2D eigenvalue weighted by molar-refractivity contribution is 6.42. The molecule has 1 N–H and O–H groups in total. The first kappa shape index (κ1) is 14.7. The Morgan fingerprint density at radius 3 is 2.80 bits per heavy atom. The Labute approximate surface area is 125 Å². The molecule has 0 aliphatic heterocycles. The number of aromatic nitrogens is 4. The van der Waals surface area contributed by atoms with Gasteiger partial charge in [0, 0.05) is 18.5 Å². The molecule has 0 amide bonds. The molecule has 1 atom stereocenters. The Bertz CT molecular complexity index is 630. The largest absolute Gasteiger partial charge is 0.481 e. The summed E-state index contributed by atoms with van der Waals surface area (Å²) in [4.78, 5) is 10.7. The SMILES string of the molecule is CC(CC(=O)O)Cn1nnnc1-c1ccc(Cl)c(Cl)c1. The number of aliphatic carboxylic acids is 1. The van der Waals surface area contributed by atoms with Crippen LogP contribution in [0.4, 0.5) is 0 Å². The van der Waals surface area contributed by atoms with Gasteiger partial charge in [0.1, 0.15) is 0 Å². The number of rotatable bonds is 5. The average molecular weight is 315 g/mol. The summed E-state index contributed by atoms with van der Waals surface area (Å²) >= 11 is 11.8. The second-order valence-electron chi connectivity index (χ2n) is 4.52. The van der Waals surface area contributed by atoms with Gasteiger partial charge in [0.25, 0.3) is 0 Å². The minimum Gasteiger partial charge on any atom is -0.481 e. The number of tetrazole rings is 1. The van der Waals surface area contributed by atoms with Gasteiger partial charge in [0.05, 0.1) is 10.0 Å². The first-order valence-electron chi connectivity index (χ1n) is 5.90. The van der Waals surface area contributed by atoms with E-state index in [0.29, 0.717) is 22.4 Å². The van der Waals surface area contributed by atoms with Gasteiger partial charge in [0.15, 0.2) is 5.82 Å². The Morgan fingerprint density at radius 1 is 1.40 bits per heavy atom. The lowest BCUT2D eigenvalue weighted by molar-refractivity contribution is -0.138. The highest BCUT2D eigenvalue weighted by atomic mass is 35.5. The van der Waals surface area contributed by atoms with Crippen LogP contribution in [0.15, 0.2) is 18.2 Å². The summed E-state index contributed by atoms with van der Waals surface area (Å²) in [5, 5.41) is 21.1. The molecule has 1 aromatic heterocycles. The molecule has 0 spiro atoms. The van der Waals surface area contributed by atoms with Crippen molar-refractivity contribution in [1.29, 1.82) is 0 Å². The van der Waals surface area contributed by atoms with Crippen LogP contribution < -0.4 is 0 Å². The fraction of sp³-hybridized carbons (Fsp3) is 0.333. The van der Waals surface area contributed by atoms with E-state index in [0.717, 1.165) is 5.56 Å². The zero-order valence-corrected chi connectivity index (χ0v) is 12.1. The van der Waals surface area contributed by atoms with E-state index >= 15 is 0 Å². The molecule has 6 nitrogen and oxygen atoms in total. The molecule has 0 saturated carbocycles. The van der Waals surface area contributed by atoms with Gasteiger partial charge < -0.3 is 5.11 Å². The van der Waals surface area contributed by atoms with Gasteiger partial charge in [-0.2, -0.15) is 0 Å². The molecule has 106 valence electrons. The average Bonchev–Trinajstić information content (AvgIpc) is 2.79. The molecule has 1 heterocycles. The van der Waals surface area contributed by atoms with E-state index < -0.39 is 5.97 Å². The van der Waals surface area contributed by atoms with Gasteiger partial charge in [-0.05, 0) is 34.5 Å². The Hall–Kier alpha value is -1.66. The molecule has 2 rings (SSSR count). The lowest BCUT2D eigenvalue weighted by atomic mass is 10.1. The van der Waals surface area contributed by atoms with Crippen LogP contribution in [0.3, 0.4) is 0 Å². The van der Waals surface area contributed by atoms with Crippen molar-refractivity contribution in [3.63, 3.8) is 0 Å². The van der Waals surface area contributed by atoms with E-state index in [2.05, 4.69) is 15.5 Å². The van der Waals surface area contributed by atoms with E-state index in [1.54, 1.807) is 22.9 Å². The van der Waals surface area contributed by atoms with Crippen molar-refractivity contribution in [3.8, 4) is 11.4 Å². The summed E-state index contributed by atoms with van der Waals surface area (Å²) in [5.41, 5.74) is 0.729. The number of nitrogens with zero attached hydrogens (tertiary/aromatic N) is 4. The number of carboxylic acid groups (broad SMARTS) is 1. The van der Waals surface area contributed by atoms with E-state index in [-0.39, 0.29) is 12.3 Å². The molecule has 1 aromatic carbocycles. The molecule has 8 heteroatoms. The van der Waals surface area contributed by atoms with Gasteiger partial charge in [0.2, 0.25) is 0 Å². The summed E-state index contributed by atoms with van der Waals surface area (Å²) in [6, 6.07) is 5.10. The number of halogens is 2. The quantitative estimate of drug-likeness (QED) is 0.917. The number of hydrogen-bond acceptors (Lipinski definition) is 4. The lowest BCUT2D eigenvalue weighted by Crippen LogP contribution is -2.14. The van der Waals surface area contributed by atoms with Gasteiger partial charge in [-0.1, -0.05) is 30.1 Å². The molecule has 0 bridgehead atoms. The van der Waals surface area contributed by atoms with Crippen LogP contribution in [0.1, 0.15) is 13.3 Å². The highest BCUT2D eigenvalue weighted by Gasteiger charge is 2.15. The minimum absolute atomic E-state index is 0.0562. The molecule has 2 aromatic rings. The minimum atomic E-state index is -0.846. The molecule has 1 unspecified atom stereocenters. The van der Waals surface area contributed by atoms with Crippen LogP contribution >= 0.6 is 23.2 Å². The van der Waals surface area contributed by atoms with Crippen LogP contribution in [0.5, 0.6) is 0 Å². The van der Waals surface area contributed by atoms with Crippen molar-refractivity contribution >= 4 is 29.2 Å². The van der Waals surface area contributed by atoms with E-state index in [1.807, 2.05) is 6.92 Å². The second-order valence-corrected chi connectivity index (χ2v) is 5.33. The molecule has 0 saturated heterocycles. The van der Waals surface area contributed by atoms with Gasteiger partial charge >= 0.3 is 5.97 Å². The van der Waals surface area contributed by atoms with E-state index in [1.165, 1.54) is 0 Å². The van der Waals surface area contributed by atoms with E-state index in [4.69, 9.17) is 28.3 Å². The molecule has 0 radical (unpaired) electrons.